The normalized spacial score (nSPS) is 11.6. The number of carboxylic acid groups (broad SMARTS) is 1. The molecule has 0 aromatic carbocycles. The van der Waals surface area contributed by atoms with Crippen molar-refractivity contribution in [3.8, 4) is 0 Å². The van der Waals surface area contributed by atoms with Gasteiger partial charge in [0.2, 0.25) is 6.33 Å². The maximum Gasteiger partial charge on any atom is 0.244 e. The van der Waals surface area contributed by atoms with Gasteiger partial charge in [-0.1, -0.05) is 0 Å². The lowest BCUT2D eigenvalue weighted by atomic mass is 10.1. The van der Waals surface area contributed by atoms with Crippen LogP contribution in [0.2, 0.25) is 0 Å². The molecule has 0 saturated carbocycles. The van der Waals surface area contributed by atoms with E-state index in [1.165, 1.54) is 0 Å². The van der Waals surface area contributed by atoms with Gasteiger partial charge in [0.15, 0.2) is 0 Å². The van der Waals surface area contributed by atoms with Crippen molar-refractivity contribution in [1.29, 1.82) is 0 Å². The van der Waals surface area contributed by atoms with Gasteiger partial charge in [0, 0.05) is 6.47 Å². The Labute approximate surface area is 97.5 Å². The van der Waals surface area contributed by atoms with Crippen molar-refractivity contribution in [1.82, 2.24) is 4.57 Å². The molecule has 4 heteroatoms. The summed E-state index contributed by atoms with van der Waals surface area (Å²) in [6.45, 7) is 12.8. The van der Waals surface area contributed by atoms with Crippen LogP contribution in [0.1, 0.15) is 41.5 Å². The maximum atomic E-state index is 8.25. The van der Waals surface area contributed by atoms with Gasteiger partial charge in [-0.15, -0.1) is 0 Å². The summed E-state index contributed by atoms with van der Waals surface area (Å²) >= 11 is 0. The molecule has 1 aromatic heterocycles. The first-order valence-electron chi connectivity index (χ1n) is 5.28. The van der Waals surface area contributed by atoms with E-state index in [-0.39, 0.29) is 11.1 Å². The summed E-state index contributed by atoms with van der Waals surface area (Å²) in [6.07, 6.45) is 6.43. The van der Waals surface area contributed by atoms with E-state index in [0.717, 1.165) is 0 Å². The Morgan fingerprint density at radius 2 is 1.62 bits per heavy atom. The molecule has 16 heavy (non-hydrogen) atoms. The van der Waals surface area contributed by atoms with Crippen molar-refractivity contribution in [3.63, 3.8) is 0 Å². The standard InChI is InChI=1S/C11H21N2.CH2O2/c1-10(2,3)12-7-8-13(9-12)11(4,5)6;2-1-3/h7-9H,1-6H3;1H,(H,2,3)/q+1;/p-1. The van der Waals surface area contributed by atoms with Crippen LogP contribution in [-0.2, 0) is 15.9 Å². The first-order chi connectivity index (χ1) is 7.12. The minimum absolute atomic E-state index is 0.177. The average molecular weight is 226 g/mol. The van der Waals surface area contributed by atoms with Crippen molar-refractivity contribution in [2.24, 2.45) is 0 Å². The quantitative estimate of drug-likeness (QED) is 0.482. The van der Waals surface area contributed by atoms with Crippen LogP contribution >= 0.6 is 0 Å². The third-order valence-electron chi connectivity index (χ3n) is 2.19. The predicted octanol–water partition coefficient (Wildman–Crippen LogP) is 0.652. The van der Waals surface area contributed by atoms with Gasteiger partial charge in [-0.05, 0) is 41.5 Å². The van der Waals surface area contributed by atoms with Crippen LogP contribution in [0.4, 0.5) is 0 Å². The van der Waals surface area contributed by atoms with E-state index < -0.39 is 6.47 Å². The summed E-state index contributed by atoms with van der Waals surface area (Å²) in [4.78, 5) is 8.25. The summed E-state index contributed by atoms with van der Waals surface area (Å²) in [6, 6.07) is 0. The zero-order valence-corrected chi connectivity index (χ0v) is 11.0. The largest absolute Gasteiger partial charge is 0.554 e. The van der Waals surface area contributed by atoms with Crippen LogP contribution in [0, 0.1) is 0 Å². The highest BCUT2D eigenvalue weighted by Gasteiger charge is 2.24. The summed E-state index contributed by atoms with van der Waals surface area (Å²) in [5.74, 6) is 0. The lowest BCUT2D eigenvalue weighted by Crippen LogP contribution is -2.48. The number of carbonyl (C=O) groups excluding carboxylic acids is 1. The molecule has 0 bridgehead atoms. The molecule has 0 N–H and O–H groups in total. The number of rotatable bonds is 0. The molecule has 92 valence electrons. The molecule has 0 aliphatic carbocycles. The molecule has 1 rings (SSSR count). The molecule has 0 atom stereocenters. The van der Waals surface area contributed by atoms with Crippen molar-refractivity contribution >= 4 is 6.47 Å². The molecule has 0 aliphatic heterocycles. The molecule has 4 nitrogen and oxygen atoms in total. The zero-order valence-electron chi connectivity index (χ0n) is 11.0. The molecule has 0 aliphatic rings. The highest BCUT2D eigenvalue weighted by molar-refractivity contribution is 5.29. The van der Waals surface area contributed by atoms with Crippen LogP contribution in [0.25, 0.3) is 0 Å². The third kappa shape index (κ3) is 4.47. The van der Waals surface area contributed by atoms with Gasteiger partial charge >= 0.3 is 0 Å². The average Bonchev–Trinajstić information content (AvgIpc) is 2.49. The van der Waals surface area contributed by atoms with Gasteiger partial charge in [0.05, 0.1) is 0 Å². The molecule has 1 aromatic rings. The van der Waals surface area contributed by atoms with E-state index in [0.29, 0.717) is 0 Å². The predicted molar refractivity (Wildman–Crippen MR) is 60.7 cm³/mol. The second-order valence-electron chi connectivity index (χ2n) is 5.67. The van der Waals surface area contributed by atoms with E-state index in [9.17, 15) is 0 Å². The highest BCUT2D eigenvalue weighted by atomic mass is 16.3. The van der Waals surface area contributed by atoms with Gasteiger partial charge < -0.3 is 9.90 Å². The van der Waals surface area contributed by atoms with Crippen molar-refractivity contribution in [3.05, 3.63) is 18.7 Å². The molecule has 0 saturated heterocycles. The molecule has 1 heterocycles. The Hall–Kier alpha value is -1.32. The van der Waals surface area contributed by atoms with Crippen molar-refractivity contribution in [2.75, 3.05) is 0 Å². The van der Waals surface area contributed by atoms with E-state index in [4.69, 9.17) is 9.90 Å². The third-order valence-corrected chi connectivity index (χ3v) is 2.19. The second kappa shape index (κ2) is 5.14. The number of hydrogen-bond donors (Lipinski definition) is 0. The molecular weight excluding hydrogens is 204 g/mol. The number of imidazole rings is 1. The van der Waals surface area contributed by atoms with Crippen molar-refractivity contribution < 1.29 is 14.5 Å². The molecule has 0 fully saturated rings. The van der Waals surface area contributed by atoms with Gasteiger partial charge in [-0.3, -0.25) is 0 Å². The van der Waals surface area contributed by atoms with E-state index in [1.807, 2.05) is 0 Å². The Balaban J connectivity index is 0.000000673. The van der Waals surface area contributed by atoms with Gasteiger partial charge in [-0.25, -0.2) is 9.13 Å². The fraction of sp³-hybridized carbons (Fsp3) is 0.667. The summed E-state index contributed by atoms with van der Waals surface area (Å²) < 4.78 is 4.47. The van der Waals surface area contributed by atoms with Crippen LogP contribution in [-0.4, -0.2) is 11.0 Å². The van der Waals surface area contributed by atoms with Crippen LogP contribution in [0.3, 0.4) is 0 Å². The lowest BCUT2D eigenvalue weighted by molar-refractivity contribution is -0.753. The monoisotopic (exact) mass is 226 g/mol. The Morgan fingerprint density at radius 1 is 1.19 bits per heavy atom. The van der Waals surface area contributed by atoms with Gasteiger partial charge in [0.25, 0.3) is 0 Å². The number of aromatic nitrogens is 2. The molecular formula is C12H22N2O2. The zero-order chi connectivity index (χ0) is 13.0. The van der Waals surface area contributed by atoms with E-state index in [1.54, 1.807) is 0 Å². The topological polar surface area (TPSA) is 48.9 Å². The van der Waals surface area contributed by atoms with Crippen LogP contribution in [0.15, 0.2) is 18.7 Å². The van der Waals surface area contributed by atoms with Crippen LogP contribution < -0.4 is 9.67 Å². The lowest BCUT2D eigenvalue weighted by Gasteiger charge is -2.16. The van der Waals surface area contributed by atoms with E-state index in [2.05, 4.69) is 69.4 Å². The first-order valence-corrected chi connectivity index (χ1v) is 5.28. The van der Waals surface area contributed by atoms with Crippen LogP contribution in [0.5, 0.6) is 0 Å². The SMILES string of the molecule is CC(C)(C)n1cc[n+](C(C)(C)C)c1.O=C[O-]. The molecule has 0 unspecified atom stereocenters. The number of hydrogen-bond acceptors (Lipinski definition) is 2. The number of nitrogens with zero attached hydrogens (tertiary/aromatic N) is 2. The van der Waals surface area contributed by atoms with Gasteiger partial charge in [-0.2, -0.15) is 0 Å². The summed E-state index contributed by atoms with van der Waals surface area (Å²) in [5, 5.41) is 8.25. The smallest absolute Gasteiger partial charge is 0.244 e. The highest BCUT2D eigenvalue weighted by Crippen LogP contribution is 2.13. The van der Waals surface area contributed by atoms with E-state index >= 15 is 0 Å². The Bertz CT molecular complexity index is 301. The van der Waals surface area contributed by atoms with Crippen molar-refractivity contribution in [2.45, 2.75) is 52.6 Å². The molecule has 0 spiro atoms. The minimum atomic E-state index is -0.500. The van der Waals surface area contributed by atoms with Gasteiger partial charge in [0.1, 0.15) is 23.5 Å². The molecule has 0 amide bonds. The number of carbonyl (C=O) groups is 1. The molecule has 0 radical (unpaired) electrons. The Kier molecular flexibility index (Phi) is 4.72. The minimum Gasteiger partial charge on any atom is -0.554 e. The second-order valence-corrected chi connectivity index (χ2v) is 5.67. The summed E-state index contributed by atoms with van der Waals surface area (Å²) in [7, 11) is 0. The fourth-order valence-corrected chi connectivity index (χ4v) is 1.15. The fourth-order valence-electron chi connectivity index (χ4n) is 1.15. The first kappa shape index (κ1) is 14.7. The maximum absolute atomic E-state index is 8.25. The summed E-state index contributed by atoms with van der Waals surface area (Å²) in [5.41, 5.74) is 0.354. The Morgan fingerprint density at radius 3 is 1.81 bits per heavy atom.